The first-order valence-electron chi connectivity index (χ1n) is 7.29. The van der Waals surface area contributed by atoms with Crippen LogP contribution in [0.15, 0.2) is 42.5 Å². The van der Waals surface area contributed by atoms with Gasteiger partial charge in [-0.1, -0.05) is 56.3 Å². The first-order chi connectivity index (χ1) is 10.1. The van der Waals surface area contributed by atoms with E-state index in [1.165, 1.54) is 0 Å². The summed E-state index contributed by atoms with van der Waals surface area (Å²) in [5.74, 6) is -1.46. The molecule has 1 nitrogen and oxygen atoms in total. The number of rotatable bonds is 5. The molecule has 21 heavy (non-hydrogen) atoms. The van der Waals surface area contributed by atoms with Crippen molar-refractivity contribution in [2.24, 2.45) is 0 Å². The van der Waals surface area contributed by atoms with Crippen LogP contribution in [0.4, 0.5) is 8.78 Å². The number of hydrogen-bond donors (Lipinski definition) is 1. The van der Waals surface area contributed by atoms with E-state index >= 15 is 0 Å². The topological polar surface area (TPSA) is 12.0 Å². The third-order valence-corrected chi connectivity index (χ3v) is 3.89. The normalized spacial score (nSPS) is 14.0. The van der Waals surface area contributed by atoms with Gasteiger partial charge < -0.3 is 5.32 Å². The van der Waals surface area contributed by atoms with Gasteiger partial charge in [-0.05, 0) is 24.6 Å². The van der Waals surface area contributed by atoms with Gasteiger partial charge in [0.25, 0.3) is 0 Å². The van der Waals surface area contributed by atoms with Crippen molar-refractivity contribution in [3.05, 3.63) is 70.8 Å². The van der Waals surface area contributed by atoms with Gasteiger partial charge in [-0.15, -0.1) is 0 Å². The minimum absolute atomic E-state index is 0.0442. The van der Waals surface area contributed by atoms with Crippen molar-refractivity contribution >= 4 is 0 Å². The Kier molecular flexibility index (Phi) is 5.07. The summed E-state index contributed by atoms with van der Waals surface area (Å²) in [5, 5.41) is 3.28. The van der Waals surface area contributed by atoms with E-state index in [1.54, 1.807) is 19.1 Å². The Bertz CT molecular complexity index is 596. The van der Waals surface area contributed by atoms with Crippen LogP contribution >= 0.6 is 0 Å². The van der Waals surface area contributed by atoms with Gasteiger partial charge in [0.2, 0.25) is 0 Å². The second kappa shape index (κ2) is 6.81. The molecular weight excluding hydrogens is 268 g/mol. The molecule has 0 saturated heterocycles. The molecule has 112 valence electrons. The molecule has 0 spiro atoms. The zero-order valence-corrected chi connectivity index (χ0v) is 12.7. The van der Waals surface area contributed by atoms with E-state index in [9.17, 15) is 8.78 Å². The van der Waals surface area contributed by atoms with Gasteiger partial charge in [0.15, 0.2) is 11.6 Å². The maximum absolute atomic E-state index is 14.3. The number of nitrogens with one attached hydrogen (secondary N) is 1. The molecule has 0 aliphatic heterocycles. The number of aryl methyl sites for hydroxylation is 1. The average molecular weight is 289 g/mol. The third-order valence-electron chi connectivity index (χ3n) is 3.89. The van der Waals surface area contributed by atoms with E-state index in [0.717, 1.165) is 5.56 Å². The molecule has 0 aliphatic rings. The molecule has 2 rings (SSSR count). The van der Waals surface area contributed by atoms with Crippen LogP contribution in [-0.2, 0) is 0 Å². The smallest absolute Gasteiger partial charge is 0.163 e. The molecule has 0 fully saturated rings. The zero-order valence-electron chi connectivity index (χ0n) is 12.7. The van der Waals surface area contributed by atoms with E-state index in [0.29, 0.717) is 17.7 Å². The summed E-state index contributed by atoms with van der Waals surface area (Å²) in [6.45, 7) is 6.26. The Morgan fingerprint density at radius 1 is 1.00 bits per heavy atom. The fourth-order valence-electron chi connectivity index (χ4n) is 2.63. The van der Waals surface area contributed by atoms with Gasteiger partial charge in [-0.25, -0.2) is 8.78 Å². The maximum atomic E-state index is 14.3. The van der Waals surface area contributed by atoms with Crippen LogP contribution in [0.1, 0.15) is 42.5 Å². The van der Waals surface area contributed by atoms with Gasteiger partial charge >= 0.3 is 0 Å². The SMILES string of the molecule is CCNC(c1ccc(C)c(F)c1F)C(C)c1ccccc1. The summed E-state index contributed by atoms with van der Waals surface area (Å²) in [7, 11) is 0. The average Bonchev–Trinajstić information content (AvgIpc) is 2.51. The lowest BCUT2D eigenvalue weighted by atomic mass is 9.87. The van der Waals surface area contributed by atoms with Gasteiger partial charge in [-0.2, -0.15) is 0 Å². The molecule has 0 saturated carbocycles. The third kappa shape index (κ3) is 3.30. The predicted octanol–water partition coefficient (Wildman–Crippen LogP) is 4.73. The highest BCUT2D eigenvalue weighted by atomic mass is 19.2. The predicted molar refractivity (Wildman–Crippen MR) is 82.4 cm³/mol. The number of hydrogen-bond acceptors (Lipinski definition) is 1. The van der Waals surface area contributed by atoms with Crippen LogP contribution in [0.5, 0.6) is 0 Å². The summed E-state index contributed by atoms with van der Waals surface area (Å²) in [4.78, 5) is 0. The van der Waals surface area contributed by atoms with E-state index in [-0.39, 0.29) is 12.0 Å². The molecule has 2 aromatic rings. The highest BCUT2D eigenvalue weighted by molar-refractivity contribution is 5.32. The minimum Gasteiger partial charge on any atom is -0.310 e. The van der Waals surface area contributed by atoms with Gasteiger partial charge in [0.1, 0.15) is 0 Å². The highest BCUT2D eigenvalue weighted by Crippen LogP contribution is 2.33. The molecule has 2 atom stereocenters. The van der Waals surface area contributed by atoms with Crippen molar-refractivity contribution in [1.29, 1.82) is 0 Å². The van der Waals surface area contributed by atoms with Crippen molar-refractivity contribution in [3.8, 4) is 0 Å². The maximum Gasteiger partial charge on any atom is 0.163 e. The molecule has 0 radical (unpaired) electrons. The molecule has 2 unspecified atom stereocenters. The summed E-state index contributed by atoms with van der Waals surface area (Å²) in [6.07, 6.45) is 0. The van der Waals surface area contributed by atoms with E-state index in [2.05, 4.69) is 5.32 Å². The van der Waals surface area contributed by atoms with Crippen LogP contribution in [0, 0.1) is 18.6 Å². The number of halogens is 2. The van der Waals surface area contributed by atoms with Crippen LogP contribution in [-0.4, -0.2) is 6.54 Å². The van der Waals surface area contributed by atoms with E-state index < -0.39 is 11.6 Å². The molecule has 0 aliphatic carbocycles. The van der Waals surface area contributed by atoms with Gasteiger partial charge in [0, 0.05) is 17.5 Å². The molecule has 3 heteroatoms. The van der Waals surface area contributed by atoms with Crippen molar-refractivity contribution in [1.82, 2.24) is 5.32 Å². The number of likely N-dealkylation sites (N-methyl/N-ethyl adjacent to an activating group) is 1. The fourth-order valence-corrected chi connectivity index (χ4v) is 2.63. The summed E-state index contributed by atoms with van der Waals surface area (Å²) >= 11 is 0. The molecule has 1 N–H and O–H groups in total. The first-order valence-corrected chi connectivity index (χ1v) is 7.29. The molecule has 0 amide bonds. The lowest BCUT2D eigenvalue weighted by molar-refractivity contribution is 0.432. The second-order valence-corrected chi connectivity index (χ2v) is 5.33. The van der Waals surface area contributed by atoms with E-state index in [1.807, 2.05) is 44.2 Å². The van der Waals surface area contributed by atoms with Gasteiger partial charge in [0.05, 0.1) is 0 Å². The first kappa shape index (κ1) is 15.6. The molecule has 0 bridgehead atoms. The van der Waals surface area contributed by atoms with Crippen LogP contribution in [0.2, 0.25) is 0 Å². The Hall–Kier alpha value is -1.74. The quantitative estimate of drug-likeness (QED) is 0.839. The van der Waals surface area contributed by atoms with Crippen LogP contribution in [0.3, 0.4) is 0 Å². The Labute approximate surface area is 125 Å². The van der Waals surface area contributed by atoms with Crippen LogP contribution in [0.25, 0.3) is 0 Å². The Morgan fingerprint density at radius 3 is 2.29 bits per heavy atom. The number of benzene rings is 2. The lowest BCUT2D eigenvalue weighted by Crippen LogP contribution is -2.27. The van der Waals surface area contributed by atoms with Crippen molar-refractivity contribution < 1.29 is 8.78 Å². The fraction of sp³-hybridized carbons (Fsp3) is 0.333. The van der Waals surface area contributed by atoms with Crippen LogP contribution < -0.4 is 5.32 Å². The highest BCUT2D eigenvalue weighted by Gasteiger charge is 2.24. The summed E-state index contributed by atoms with van der Waals surface area (Å²) in [6, 6.07) is 12.9. The van der Waals surface area contributed by atoms with Crippen molar-refractivity contribution in [2.75, 3.05) is 6.54 Å². The largest absolute Gasteiger partial charge is 0.310 e. The monoisotopic (exact) mass is 289 g/mol. The standard InChI is InChI=1S/C18H21F2N/c1-4-21-18(13(3)14-8-6-5-7-9-14)15-11-10-12(2)16(19)17(15)20/h5-11,13,18,21H,4H2,1-3H3. The molecular formula is C18H21F2N. The molecule has 0 aromatic heterocycles. The minimum atomic E-state index is -0.754. The van der Waals surface area contributed by atoms with Crippen molar-refractivity contribution in [3.63, 3.8) is 0 Å². The lowest BCUT2D eigenvalue weighted by Gasteiger charge is -2.26. The van der Waals surface area contributed by atoms with Gasteiger partial charge in [-0.3, -0.25) is 0 Å². The Morgan fingerprint density at radius 2 is 1.67 bits per heavy atom. The Balaban J connectivity index is 2.42. The second-order valence-electron chi connectivity index (χ2n) is 5.33. The zero-order chi connectivity index (χ0) is 15.4. The van der Waals surface area contributed by atoms with E-state index in [4.69, 9.17) is 0 Å². The molecule has 2 aromatic carbocycles. The summed E-state index contributed by atoms with van der Waals surface area (Å²) < 4.78 is 28.2. The molecule has 0 heterocycles. The van der Waals surface area contributed by atoms with Crippen molar-refractivity contribution in [2.45, 2.75) is 32.7 Å². The summed E-state index contributed by atoms with van der Waals surface area (Å²) in [5.41, 5.74) is 1.82.